The first-order chi connectivity index (χ1) is 11.6. The minimum absolute atomic E-state index is 0.0939. The Kier molecular flexibility index (Phi) is 4.92. The molecule has 1 aliphatic rings. The van der Waals surface area contributed by atoms with Crippen LogP contribution in [0.25, 0.3) is 0 Å². The van der Waals surface area contributed by atoms with E-state index < -0.39 is 10.0 Å². The highest BCUT2D eigenvalue weighted by Crippen LogP contribution is 2.16. The van der Waals surface area contributed by atoms with E-state index >= 15 is 0 Å². The molecule has 1 aliphatic heterocycles. The van der Waals surface area contributed by atoms with Crippen LogP contribution in [0.15, 0.2) is 53.7 Å². The first-order valence-electron chi connectivity index (χ1n) is 7.84. The summed E-state index contributed by atoms with van der Waals surface area (Å²) >= 11 is 0. The molecule has 1 aromatic carbocycles. The summed E-state index contributed by atoms with van der Waals surface area (Å²) in [5, 5.41) is 0. The van der Waals surface area contributed by atoms with Crippen molar-refractivity contribution in [2.75, 3.05) is 13.1 Å². The number of rotatable bonds is 5. The molecule has 0 aliphatic carbocycles. The number of aromatic nitrogens is 1. The minimum atomic E-state index is -3.69. The number of pyridine rings is 1. The Hall–Kier alpha value is -2.25. The SMILES string of the molecule is O=C(c1cccc(S(=O)(=O)NCc2cccnc2)c1)N1CCCC1. The van der Waals surface area contributed by atoms with E-state index in [4.69, 9.17) is 0 Å². The summed E-state index contributed by atoms with van der Waals surface area (Å²) in [6, 6.07) is 9.73. The van der Waals surface area contributed by atoms with E-state index in [2.05, 4.69) is 9.71 Å². The number of nitrogens with zero attached hydrogens (tertiary/aromatic N) is 2. The Morgan fingerprint density at radius 1 is 1.17 bits per heavy atom. The molecule has 24 heavy (non-hydrogen) atoms. The van der Waals surface area contributed by atoms with E-state index in [0.29, 0.717) is 5.56 Å². The second-order valence-electron chi connectivity index (χ2n) is 5.71. The van der Waals surface area contributed by atoms with Crippen LogP contribution in [0.1, 0.15) is 28.8 Å². The summed E-state index contributed by atoms with van der Waals surface area (Å²) in [6.45, 7) is 1.62. The average molecular weight is 345 g/mol. The van der Waals surface area contributed by atoms with Crippen molar-refractivity contribution in [3.63, 3.8) is 0 Å². The van der Waals surface area contributed by atoms with Crippen LogP contribution in [0.4, 0.5) is 0 Å². The average Bonchev–Trinajstić information content (AvgIpc) is 3.15. The normalized spacial score (nSPS) is 14.8. The molecule has 2 heterocycles. The third-order valence-corrected chi connectivity index (χ3v) is 5.37. The molecule has 1 N–H and O–H groups in total. The van der Waals surface area contributed by atoms with Crippen LogP contribution in [0.3, 0.4) is 0 Å². The van der Waals surface area contributed by atoms with Gasteiger partial charge in [-0.2, -0.15) is 0 Å². The predicted octanol–water partition coefficient (Wildman–Crippen LogP) is 1.80. The number of carbonyl (C=O) groups is 1. The maximum Gasteiger partial charge on any atom is 0.253 e. The highest BCUT2D eigenvalue weighted by molar-refractivity contribution is 7.89. The Morgan fingerprint density at radius 2 is 1.96 bits per heavy atom. The fraction of sp³-hybridized carbons (Fsp3) is 0.294. The van der Waals surface area contributed by atoms with Crippen molar-refractivity contribution >= 4 is 15.9 Å². The molecule has 126 valence electrons. The van der Waals surface area contributed by atoms with Gasteiger partial charge in [0.2, 0.25) is 10.0 Å². The van der Waals surface area contributed by atoms with E-state index in [1.165, 1.54) is 12.1 Å². The second-order valence-corrected chi connectivity index (χ2v) is 7.48. The lowest BCUT2D eigenvalue weighted by molar-refractivity contribution is 0.0792. The molecule has 0 saturated carbocycles. The number of hydrogen-bond acceptors (Lipinski definition) is 4. The third-order valence-electron chi connectivity index (χ3n) is 3.97. The van der Waals surface area contributed by atoms with Gasteiger partial charge in [-0.15, -0.1) is 0 Å². The van der Waals surface area contributed by atoms with Gasteiger partial charge < -0.3 is 4.90 Å². The highest BCUT2D eigenvalue weighted by atomic mass is 32.2. The fourth-order valence-electron chi connectivity index (χ4n) is 2.66. The topological polar surface area (TPSA) is 79.4 Å². The quantitative estimate of drug-likeness (QED) is 0.896. The zero-order valence-corrected chi connectivity index (χ0v) is 14.0. The first kappa shape index (κ1) is 16.6. The molecule has 1 aromatic heterocycles. The first-order valence-corrected chi connectivity index (χ1v) is 9.32. The van der Waals surface area contributed by atoms with Gasteiger partial charge in [0.25, 0.3) is 5.91 Å². The Morgan fingerprint density at radius 3 is 2.67 bits per heavy atom. The molecule has 0 atom stereocenters. The number of nitrogens with one attached hydrogen (secondary N) is 1. The predicted molar refractivity (Wildman–Crippen MR) is 89.8 cm³/mol. The summed E-state index contributed by atoms with van der Waals surface area (Å²) in [4.78, 5) is 18.2. The Labute approximate surface area is 141 Å². The Balaban J connectivity index is 1.75. The lowest BCUT2D eigenvalue weighted by Gasteiger charge is -2.15. The summed E-state index contributed by atoms with van der Waals surface area (Å²) in [6.07, 6.45) is 5.23. The van der Waals surface area contributed by atoms with Gasteiger partial charge in [0, 0.05) is 37.6 Å². The Bertz CT molecular complexity index is 816. The van der Waals surface area contributed by atoms with Gasteiger partial charge in [-0.3, -0.25) is 9.78 Å². The largest absolute Gasteiger partial charge is 0.339 e. The zero-order valence-electron chi connectivity index (χ0n) is 13.2. The van der Waals surface area contributed by atoms with E-state index in [1.54, 1.807) is 41.6 Å². The van der Waals surface area contributed by atoms with Crippen LogP contribution in [0, 0.1) is 0 Å². The molecule has 2 aromatic rings. The summed E-state index contributed by atoms with van der Waals surface area (Å²) in [5.41, 5.74) is 1.17. The molecule has 6 nitrogen and oxygen atoms in total. The monoisotopic (exact) mass is 345 g/mol. The maximum absolute atomic E-state index is 12.4. The molecule has 0 radical (unpaired) electrons. The van der Waals surface area contributed by atoms with E-state index in [1.807, 2.05) is 0 Å². The molecular weight excluding hydrogens is 326 g/mol. The van der Waals surface area contributed by atoms with Gasteiger partial charge in [0.15, 0.2) is 0 Å². The second kappa shape index (κ2) is 7.11. The fourth-order valence-corrected chi connectivity index (χ4v) is 3.73. The van der Waals surface area contributed by atoms with Crippen molar-refractivity contribution in [3.05, 3.63) is 59.9 Å². The van der Waals surface area contributed by atoms with Crippen molar-refractivity contribution in [1.29, 1.82) is 0 Å². The van der Waals surface area contributed by atoms with Crippen molar-refractivity contribution in [2.24, 2.45) is 0 Å². The number of sulfonamides is 1. The molecule has 0 unspecified atom stereocenters. The smallest absolute Gasteiger partial charge is 0.253 e. The van der Waals surface area contributed by atoms with E-state index in [-0.39, 0.29) is 17.3 Å². The number of hydrogen-bond donors (Lipinski definition) is 1. The van der Waals surface area contributed by atoms with Crippen molar-refractivity contribution < 1.29 is 13.2 Å². The van der Waals surface area contributed by atoms with Gasteiger partial charge in [-0.25, -0.2) is 13.1 Å². The number of carbonyl (C=O) groups excluding carboxylic acids is 1. The molecule has 0 spiro atoms. The summed E-state index contributed by atoms with van der Waals surface area (Å²) in [7, 11) is -3.69. The zero-order chi connectivity index (χ0) is 17.0. The summed E-state index contributed by atoms with van der Waals surface area (Å²) in [5.74, 6) is -0.114. The van der Waals surface area contributed by atoms with Crippen molar-refractivity contribution in [2.45, 2.75) is 24.3 Å². The van der Waals surface area contributed by atoms with Gasteiger partial charge in [-0.05, 0) is 42.7 Å². The van der Waals surface area contributed by atoms with Crippen LogP contribution in [-0.4, -0.2) is 37.3 Å². The summed E-state index contributed by atoms with van der Waals surface area (Å²) < 4.78 is 27.4. The highest BCUT2D eigenvalue weighted by Gasteiger charge is 2.21. The van der Waals surface area contributed by atoms with Gasteiger partial charge >= 0.3 is 0 Å². The van der Waals surface area contributed by atoms with Crippen LogP contribution < -0.4 is 4.72 Å². The van der Waals surface area contributed by atoms with Crippen molar-refractivity contribution in [1.82, 2.24) is 14.6 Å². The molecule has 1 amide bonds. The molecule has 1 saturated heterocycles. The van der Waals surface area contributed by atoms with Gasteiger partial charge in [-0.1, -0.05) is 12.1 Å². The number of likely N-dealkylation sites (tertiary alicyclic amines) is 1. The van der Waals surface area contributed by atoms with Crippen molar-refractivity contribution in [3.8, 4) is 0 Å². The molecule has 1 fully saturated rings. The standard InChI is InChI=1S/C17H19N3O3S/c21-17(20-9-1-2-10-20)15-6-3-7-16(11-15)24(22,23)19-13-14-5-4-8-18-12-14/h3-8,11-12,19H,1-2,9-10,13H2. The van der Waals surface area contributed by atoms with Crippen LogP contribution in [0.2, 0.25) is 0 Å². The van der Waals surface area contributed by atoms with Gasteiger partial charge in [0.1, 0.15) is 0 Å². The number of benzene rings is 1. The maximum atomic E-state index is 12.4. The van der Waals surface area contributed by atoms with Crippen LogP contribution >= 0.6 is 0 Å². The lowest BCUT2D eigenvalue weighted by atomic mass is 10.2. The minimum Gasteiger partial charge on any atom is -0.339 e. The molecule has 0 bridgehead atoms. The molecular formula is C17H19N3O3S. The van der Waals surface area contributed by atoms with Crippen LogP contribution in [0.5, 0.6) is 0 Å². The third kappa shape index (κ3) is 3.80. The van der Waals surface area contributed by atoms with E-state index in [0.717, 1.165) is 31.5 Å². The van der Waals surface area contributed by atoms with Crippen LogP contribution in [-0.2, 0) is 16.6 Å². The number of amides is 1. The molecule has 7 heteroatoms. The lowest BCUT2D eigenvalue weighted by Crippen LogP contribution is -2.28. The molecule has 3 rings (SSSR count). The van der Waals surface area contributed by atoms with E-state index in [9.17, 15) is 13.2 Å². The van der Waals surface area contributed by atoms with Gasteiger partial charge in [0.05, 0.1) is 4.90 Å².